The lowest BCUT2D eigenvalue weighted by molar-refractivity contribution is 0.499. The van der Waals surface area contributed by atoms with Crippen molar-refractivity contribution in [1.29, 1.82) is 0 Å². The topological polar surface area (TPSA) is 39.8 Å². The molecule has 0 aliphatic carbocycles. The molecular formula is C13H15ClFN3O. The van der Waals surface area contributed by atoms with E-state index >= 15 is 0 Å². The van der Waals surface area contributed by atoms with Gasteiger partial charge in [-0.2, -0.15) is 9.49 Å². The number of rotatable bonds is 3. The van der Waals surface area contributed by atoms with Crippen molar-refractivity contribution in [2.75, 3.05) is 0 Å². The molecule has 102 valence electrons. The molecule has 2 rings (SSSR count). The van der Waals surface area contributed by atoms with Crippen LogP contribution in [-0.4, -0.2) is 14.3 Å². The molecule has 0 spiro atoms. The Balaban J connectivity index is 2.61. The second-order valence-corrected chi connectivity index (χ2v) is 5.34. The molecule has 0 radical (unpaired) electrons. The Hall–Kier alpha value is -1.62. The van der Waals surface area contributed by atoms with Gasteiger partial charge in [0, 0.05) is 18.8 Å². The lowest BCUT2D eigenvalue weighted by atomic mass is 10.0. The Bertz CT molecular complexity index is 660. The van der Waals surface area contributed by atoms with Gasteiger partial charge in [-0.1, -0.05) is 25.4 Å². The van der Waals surface area contributed by atoms with Crippen molar-refractivity contribution in [2.24, 2.45) is 13.0 Å². The highest BCUT2D eigenvalue weighted by Crippen LogP contribution is 2.16. The van der Waals surface area contributed by atoms with Crippen molar-refractivity contribution in [2.45, 2.75) is 20.3 Å². The first-order valence-corrected chi connectivity index (χ1v) is 6.37. The maximum atomic E-state index is 13.9. The van der Waals surface area contributed by atoms with Gasteiger partial charge in [0.1, 0.15) is 5.69 Å². The van der Waals surface area contributed by atoms with Gasteiger partial charge in [-0.15, -0.1) is 0 Å². The van der Waals surface area contributed by atoms with E-state index in [0.717, 1.165) is 4.68 Å². The Kier molecular flexibility index (Phi) is 3.75. The first-order valence-electron chi connectivity index (χ1n) is 5.99. The summed E-state index contributed by atoms with van der Waals surface area (Å²) in [7, 11) is 1.48. The summed E-state index contributed by atoms with van der Waals surface area (Å²) in [6.45, 7) is 4.02. The van der Waals surface area contributed by atoms with Crippen molar-refractivity contribution in [1.82, 2.24) is 14.3 Å². The standard InChI is InChI=1S/C13H15ClFN3O/c1-8(2)4-9-5-10(14)7-18(13(9)19)11-6-16-17(3)12(11)15/h5-8H,4H2,1-3H3. The average molecular weight is 284 g/mol. The van der Waals surface area contributed by atoms with E-state index in [2.05, 4.69) is 5.10 Å². The Morgan fingerprint density at radius 2 is 2.16 bits per heavy atom. The summed E-state index contributed by atoms with van der Waals surface area (Å²) in [6.07, 6.45) is 3.32. The van der Waals surface area contributed by atoms with E-state index in [1.807, 2.05) is 13.8 Å². The zero-order valence-electron chi connectivity index (χ0n) is 11.0. The maximum absolute atomic E-state index is 13.9. The highest BCUT2D eigenvalue weighted by atomic mass is 35.5. The highest BCUT2D eigenvalue weighted by Gasteiger charge is 2.14. The zero-order valence-corrected chi connectivity index (χ0v) is 11.8. The van der Waals surface area contributed by atoms with Crippen LogP contribution in [0, 0.1) is 11.9 Å². The summed E-state index contributed by atoms with van der Waals surface area (Å²) in [6, 6.07) is 1.63. The van der Waals surface area contributed by atoms with Gasteiger partial charge in [0.15, 0.2) is 0 Å². The van der Waals surface area contributed by atoms with E-state index in [4.69, 9.17) is 11.6 Å². The number of aryl methyl sites for hydroxylation is 1. The minimum absolute atomic E-state index is 0.111. The van der Waals surface area contributed by atoms with Gasteiger partial charge in [0.2, 0.25) is 5.95 Å². The van der Waals surface area contributed by atoms with Gasteiger partial charge in [-0.05, 0) is 18.4 Å². The van der Waals surface area contributed by atoms with Crippen LogP contribution in [0.4, 0.5) is 4.39 Å². The van der Waals surface area contributed by atoms with Crippen molar-refractivity contribution in [3.05, 3.63) is 45.3 Å². The summed E-state index contributed by atoms with van der Waals surface area (Å²) in [5, 5.41) is 4.19. The fourth-order valence-electron chi connectivity index (χ4n) is 1.94. The van der Waals surface area contributed by atoms with Gasteiger partial charge < -0.3 is 0 Å². The van der Waals surface area contributed by atoms with E-state index in [1.54, 1.807) is 6.07 Å². The van der Waals surface area contributed by atoms with Crippen LogP contribution in [0.15, 0.2) is 23.3 Å². The molecule has 0 aliphatic heterocycles. The number of hydrogen-bond acceptors (Lipinski definition) is 2. The molecule has 4 nitrogen and oxygen atoms in total. The van der Waals surface area contributed by atoms with Gasteiger partial charge in [-0.25, -0.2) is 4.68 Å². The molecule has 0 amide bonds. The Morgan fingerprint density at radius 3 is 2.68 bits per heavy atom. The number of halogens is 2. The number of hydrogen-bond donors (Lipinski definition) is 0. The molecule has 2 aromatic rings. The molecule has 0 saturated carbocycles. The third-order valence-corrected chi connectivity index (χ3v) is 3.00. The largest absolute Gasteiger partial charge is 0.277 e. The molecule has 0 N–H and O–H groups in total. The van der Waals surface area contributed by atoms with E-state index in [-0.39, 0.29) is 11.2 Å². The summed E-state index contributed by atoms with van der Waals surface area (Å²) in [5.41, 5.74) is 0.427. The molecule has 0 saturated heterocycles. The average Bonchev–Trinajstić information content (AvgIpc) is 2.64. The van der Waals surface area contributed by atoms with Gasteiger partial charge in [0.05, 0.1) is 11.2 Å². The molecule has 0 fully saturated rings. The predicted molar refractivity (Wildman–Crippen MR) is 72.3 cm³/mol. The Labute approximate surface area is 115 Å². The van der Waals surface area contributed by atoms with Crippen molar-refractivity contribution in [3.8, 4) is 5.69 Å². The summed E-state index contributed by atoms with van der Waals surface area (Å²) >= 11 is 6.01. The smallest absolute Gasteiger partial charge is 0.258 e. The second-order valence-electron chi connectivity index (χ2n) is 4.90. The summed E-state index contributed by atoms with van der Waals surface area (Å²) in [4.78, 5) is 12.3. The molecule has 19 heavy (non-hydrogen) atoms. The Morgan fingerprint density at radius 1 is 1.47 bits per heavy atom. The SMILES string of the molecule is CC(C)Cc1cc(Cl)cn(-c2cnn(C)c2F)c1=O. The van der Waals surface area contributed by atoms with Gasteiger partial charge >= 0.3 is 0 Å². The highest BCUT2D eigenvalue weighted by molar-refractivity contribution is 6.30. The van der Waals surface area contributed by atoms with Crippen molar-refractivity contribution in [3.63, 3.8) is 0 Å². The minimum Gasteiger partial charge on any atom is -0.277 e. The van der Waals surface area contributed by atoms with Crippen LogP contribution in [0.3, 0.4) is 0 Å². The van der Waals surface area contributed by atoms with E-state index in [0.29, 0.717) is 22.9 Å². The molecule has 0 unspecified atom stereocenters. The fraction of sp³-hybridized carbons (Fsp3) is 0.385. The first kappa shape index (κ1) is 13.8. The molecule has 0 aromatic carbocycles. The lowest BCUT2D eigenvalue weighted by Crippen LogP contribution is -2.23. The number of pyridine rings is 1. The van der Waals surface area contributed by atoms with Crippen LogP contribution in [-0.2, 0) is 13.5 Å². The van der Waals surface area contributed by atoms with Crippen LogP contribution in [0.2, 0.25) is 5.02 Å². The fourth-order valence-corrected chi connectivity index (χ4v) is 2.17. The molecule has 0 atom stereocenters. The summed E-state index contributed by atoms with van der Waals surface area (Å²) < 4.78 is 16.1. The molecule has 2 heterocycles. The van der Waals surface area contributed by atoms with Crippen LogP contribution in [0.5, 0.6) is 0 Å². The van der Waals surface area contributed by atoms with Crippen molar-refractivity contribution >= 4 is 11.6 Å². The first-order chi connectivity index (χ1) is 8.90. The third kappa shape index (κ3) is 2.71. The van der Waals surface area contributed by atoms with E-state index < -0.39 is 5.95 Å². The number of aromatic nitrogens is 3. The van der Waals surface area contributed by atoms with Crippen LogP contribution >= 0.6 is 11.6 Å². The third-order valence-electron chi connectivity index (χ3n) is 2.79. The molecular weight excluding hydrogens is 269 g/mol. The molecule has 0 bridgehead atoms. The van der Waals surface area contributed by atoms with Crippen LogP contribution in [0.25, 0.3) is 5.69 Å². The zero-order chi connectivity index (χ0) is 14.2. The van der Waals surface area contributed by atoms with E-state index in [9.17, 15) is 9.18 Å². The van der Waals surface area contributed by atoms with Crippen LogP contribution in [0.1, 0.15) is 19.4 Å². The quantitative estimate of drug-likeness (QED) is 0.868. The minimum atomic E-state index is -0.570. The lowest BCUT2D eigenvalue weighted by Gasteiger charge is -2.09. The monoisotopic (exact) mass is 283 g/mol. The van der Waals surface area contributed by atoms with Crippen molar-refractivity contribution < 1.29 is 4.39 Å². The number of nitrogens with zero attached hydrogens (tertiary/aromatic N) is 3. The molecule has 6 heteroatoms. The predicted octanol–water partition coefficient (Wildman–Crippen LogP) is 2.56. The van der Waals surface area contributed by atoms with Crippen LogP contribution < -0.4 is 5.56 Å². The molecule has 0 aliphatic rings. The summed E-state index contributed by atoms with van der Waals surface area (Å²) in [5.74, 6) is -0.252. The van der Waals surface area contributed by atoms with E-state index in [1.165, 1.54) is 24.0 Å². The normalized spacial score (nSPS) is 11.3. The maximum Gasteiger partial charge on any atom is 0.258 e. The van der Waals surface area contributed by atoms with Gasteiger partial charge in [0.25, 0.3) is 5.56 Å². The van der Waals surface area contributed by atoms with Gasteiger partial charge in [-0.3, -0.25) is 9.36 Å². The second kappa shape index (κ2) is 5.17. The molecule has 2 aromatic heterocycles.